The van der Waals surface area contributed by atoms with Gasteiger partial charge < -0.3 is 4.79 Å². The lowest BCUT2D eigenvalue weighted by Crippen LogP contribution is -1.89. The Kier molecular flexibility index (Phi) is 6.56. The summed E-state index contributed by atoms with van der Waals surface area (Å²) >= 11 is 0. The fourth-order valence-electron chi connectivity index (χ4n) is 0.844. The number of carbonyl (C=O) groups excluding carboxylic acids is 1. The lowest BCUT2D eigenvalue weighted by atomic mass is 10.1. The van der Waals surface area contributed by atoms with Crippen molar-refractivity contribution in [3.63, 3.8) is 0 Å². The average molecular weight is 141 g/mol. The van der Waals surface area contributed by atoms with Crippen molar-refractivity contribution in [3.05, 3.63) is 6.42 Å². The van der Waals surface area contributed by atoms with Crippen molar-refractivity contribution in [3.8, 4) is 0 Å². The maximum Gasteiger partial charge on any atom is 0.130 e. The first kappa shape index (κ1) is 9.67. The third-order valence-corrected chi connectivity index (χ3v) is 1.44. The van der Waals surface area contributed by atoms with Crippen LogP contribution in [-0.2, 0) is 4.79 Å². The first-order chi connectivity index (χ1) is 4.77. The molecule has 0 amide bonds. The molecule has 1 heteroatoms. The van der Waals surface area contributed by atoms with Crippen LogP contribution in [0, 0.1) is 6.42 Å². The van der Waals surface area contributed by atoms with Gasteiger partial charge in [-0.15, -0.1) is 0 Å². The van der Waals surface area contributed by atoms with E-state index in [1.807, 2.05) is 0 Å². The van der Waals surface area contributed by atoms with Crippen molar-refractivity contribution in [1.29, 1.82) is 0 Å². The highest BCUT2D eigenvalue weighted by molar-refractivity contribution is 5.76. The van der Waals surface area contributed by atoms with Crippen LogP contribution in [0.5, 0.6) is 0 Å². The zero-order chi connectivity index (χ0) is 7.82. The molecular formula is C9H17O. The molecule has 0 saturated carbocycles. The molecule has 1 nitrogen and oxygen atoms in total. The van der Waals surface area contributed by atoms with E-state index in [1.165, 1.54) is 19.3 Å². The molecule has 0 aliphatic rings. The molecule has 0 aliphatic heterocycles. The van der Waals surface area contributed by atoms with Gasteiger partial charge in [0.2, 0.25) is 0 Å². The molecule has 0 aromatic carbocycles. The molecule has 59 valence electrons. The molecule has 0 aliphatic carbocycles. The van der Waals surface area contributed by atoms with Crippen molar-refractivity contribution in [2.45, 2.75) is 46.0 Å². The summed E-state index contributed by atoms with van der Waals surface area (Å²) in [5.74, 6) is 0.275. The topological polar surface area (TPSA) is 17.1 Å². The van der Waals surface area contributed by atoms with E-state index in [4.69, 9.17) is 0 Å². The molecule has 0 saturated heterocycles. The predicted octanol–water partition coefficient (Wildman–Crippen LogP) is 2.75. The summed E-state index contributed by atoms with van der Waals surface area (Å²) in [6, 6.07) is 0. The summed E-state index contributed by atoms with van der Waals surface area (Å²) in [6.45, 7) is 3.82. The lowest BCUT2D eigenvalue weighted by Gasteiger charge is -1.95. The van der Waals surface area contributed by atoms with Gasteiger partial charge in [-0.3, -0.25) is 0 Å². The van der Waals surface area contributed by atoms with E-state index < -0.39 is 0 Å². The van der Waals surface area contributed by atoms with Crippen LogP contribution in [-0.4, -0.2) is 5.78 Å². The van der Waals surface area contributed by atoms with Crippen LogP contribution < -0.4 is 0 Å². The van der Waals surface area contributed by atoms with Gasteiger partial charge in [0, 0.05) is 6.42 Å². The largest absolute Gasteiger partial charge is 0.300 e. The van der Waals surface area contributed by atoms with E-state index in [2.05, 4.69) is 13.3 Å². The number of ketones is 1. The minimum atomic E-state index is 0.275. The summed E-state index contributed by atoms with van der Waals surface area (Å²) < 4.78 is 0. The van der Waals surface area contributed by atoms with Gasteiger partial charge in [0.1, 0.15) is 5.78 Å². The molecular weight excluding hydrogens is 124 g/mol. The summed E-state index contributed by atoms with van der Waals surface area (Å²) in [6.07, 6.45) is 7.63. The zero-order valence-electron chi connectivity index (χ0n) is 7.02. The fraction of sp³-hybridized carbons (Fsp3) is 0.778. The van der Waals surface area contributed by atoms with Gasteiger partial charge in [0.05, 0.1) is 0 Å². The molecule has 0 bridgehead atoms. The van der Waals surface area contributed by atoms with E-state index >= 15 is 0 Å². The Balaban J connectivity index is 2.84. The molecule has 0 fully saturated rings. The molecule has 0 rings (SSSR count). The van der Waals surface area contributed by atoms with Crippen molar-refractivity contribution >= 4 is 5.78 Å². The molecule has 0 aromatic rings. The monoisotopic (exact) mass is 141 g/mol. The highest BCUT2D eigenvalue weighted by atomic mass is 16.1. The van der Waals surface area contributed by atoms with Gasteiger partial charge in [-0.25, -0.2) is 0 Å². The molecule has 0 spiro atoms. The molecule has 0 unspecified atom stereocenters. The quantitative estimate of drug-likeness (QED) is 0.520. The first-order valence-corrected chi connectivity index (χ1v) is 4.08. The Bertz CT molecular complexity index is 86.7. The number of Topliss-reactive ketones (excluding diaryl/α,β-unsaturated/α-hetero) is 1. The Morgan fingerprint density at radius 3 is 2.60 bits per heavy atom. The zero-order valence-corrected chi connectivity index (χ0v) is 7.02. The second kappa shape index (κ2) is 6.79. The number of carbonyl (C=O) groups is 1. The van der Waals surface area contributed by atoms with Crippen molar-refractivity contribution in [2.75, 3.05) is 0 Å². The summed E-state index contributed by atoms with van der Waals surface area (Å²) in [5.41, 5.74) is 0. The van der Waals surface area contributed by atoms with E-state index in [0.29, 0.717) is 6.42 Å². The Morgan fingerprint density at radius 2 is 2.10 bits per heavy atom. The molecule has 0 atom stereocenters. The third-order valence-electron chi connectivity index (χ3n) is 1.44. The van der Waals surface area contributed by atoms with Gasteiger partial charge in [0.25, 0.3) is 0 Å². The predicted molar refractivity (Wildman–Crippen MR) is 43.7 cm³/mol. The standard InChI is InChI=1S/C9H17O/c1-3-4-5-6-7-8-9(2)10/h7H,3-6,8H2,1-2H3. The molecule has 0 N–H and O–H groups in total. The fourth-order valence-corrected chi connectivity index (χ4v) is 0.844. The van der Waals surface area contributed by atoms with Crippen molar-refractivity contribution in [1.82, 2.24) is 0 Å². The van der Waals surface area contributed by atoms with Crippen LogP contribution in [0.25, 0.3) is 0 Å². The smallest absolute Gasteiger partial charge is 0.130 e. The van der Waals surface area contributed by atoms with Crippen LogP contribution in [0.15, 0.2) is 0 Å². The number of hydrogen-bond acceptors (Lipinski definition) is 1. The first-order valence-electron chi connectivity index (χ1n) is 4.08. The van der Waals surface area contributed by atoms with Crippen molar-refractivity contribution in [2.24, 2.45) is 0 Å². The van der Waals surface area contributed by atoms with E-state index in [-0.39, 0.29) is 5.78 Å². The highest BCUT2D eigenvalue weighted by Crippen LogP contribution is 2.03. The number of rotatable bonds is 6. The van der Waals surface area contributed by atoms with Crippen LogP contribution in [0.1, 0.15) is 46.0 Å². The van der Waals surface area contributed by atoms with Gasteiger partial charge in [-0.05, 0) is 19.8 Å². The summed E-state index contributed by atoms with van der Waals surface area (Å²) in [7, 11) is 0. The van der Waals surface area contributed by atoms with E-state index in [9.17, 15) is 4.79 Å². The van der Waals surface area contributed by atoms with E-state index in [0.717, 1.165) is 6.42 Å². The average Bonchev–Trinajstić information content (AvgIpc) is 1.87. The molecule has 0 heterocycles. The Hall–Kier alpha value is -0.330. The highest BCUT2D eigenvalue weighted by Gasteiger charge is 1.92. The van der Waals surface area contributed by atoms with Crippen LogP contribution in [0.3, 0.4) is 0 Å². The SMILES string of the molecule is CCCCC[CH]CC(C)=O. The second-order valence-corrected chi connectivity index (χ2v) is 2.69. The third kappa shape index (κ3) is 7.67. The van der Waals surface area contributed by atoms with Crippen LogP contribution in [0.2, 0.25) is 0 Å². The molecule has 10 heavy (non-hydrogen) atoms. The molecule has 0 aromatic heterocycles. The van der Waals surface area contributed by atoms with Crippen molar-refractivity contribution < 1.29 is 4.79 Å². The molecule has 1 radical (unpaired) electrons. The summed E-state index contributed by atoms with van der Waals surface area (Å²) in [4.78, 5) is 10.4. The maximum absolute atomic E-state index is 10.4. The minimum Gasteiger partial charge on any atom is -0.300 e. The van der Waals surface area contributed by atoms with Gasteiger partial charge in [-0.2, -0.15) is 0 Å². The van der Waals surface area contributed by atoms with Gasteiger partial charge >= 0.3 is 0 Å². The summed E-state index contributed by atoms with van der Waals surface area (Å²) in [5, 5.41) is 0. The Labute approximate surface area is 63.8 Å². The van der Waals surface area contributed by atoms with E-state index in [1.54, 1.807) is 6.92 Å². The second-order valence-electron chi connectivity index (χ2n) is 2.69. The van der Waals surface area contributed by atoms with Gasteiger partial charge in [-0.1, -0.05) is 26.2 Å². The number of unbranched alkanes of at least 4 members (excludes halogenated alkanes) is 4. The van der Waals surface area contributed by atoms with Crippen LogP contribution >= 0.6 is 0 Å². The van der Waals surface area contributed by atoms with Gasteiger partial charge in [0.15, 0.2) is 0 Å². The van der Waals surface area contributed by atoms with Crippen LogP contribution in [0.4, 0.5) is 0 Å². The minimum absolute atomic E-state index is 0.275. The number of hydrogen-bond donors (Lipinski definition) is 0. The lowest BCUT2D eigenvalue weighted by molar-refractivity contribution is -0.116. The normalized spacial score (nSPS) is 9.80. The Morgan fingerprint density at radius 1 is 1.40 bits per heavy atom. The maximum atomic E-state index is 10.4.